The number of nitrogens with zero attached hydrogens (tertiary/aromatic N) is 2. The molecule has 0 aromatic carbocycles. The summed E-state index contributed by atoms with van der Waals surface area (Å²) in [5, 5.41) is 17.0. The summed E-state index contributed by atoms with van der Waals surface area (Å²) in [4.78, 5) is 0. The SMILES string of the molecule is CC(C)(C)OCC(O)CNCCCn1cccn1. The lowest BCUT2D eigenvalue weighted by Crippen LogP contribution is -2.34. The molecule has 5 nitrogen and oxygen atoms in total. The molecule has 1 aromatic heterocycles. The van der Waals surface area contributed by atoms with Gasteiger partial charge in [-0.3, -0.25) is 4.68 Å². The standard InChI is InChI=1S/C13H25N3O2/c1-13(2,3)18-11-12(17)10-14-6-4-8-16-9-5-7-15-16/h5,7,9,12,14,17H,4,6,8,10-11H2,1-3H3. The van der Waals surface area contributed by atoms with E-state index in [0.717, 1.165) is 19.5 Å². The largest absolute Gasteiger partial charge is 0.389 e. The van der Waals surface area contributed by atoms with Gasteiger partial charge in [-0.1, -0.05) is 0 Å². The topological polar surface area (TPSA) is 59.3 Å². The van der Waals surface area contributed by atoms with Gasteiger partial charge >= 0.3 is 0 Å². The van der Waals surface area contributed by atoms with Gasteiger partial charge in [-0.2, -0.15) is 5.10 Å². The zero-order valence-electron chi connectivity index (χ0n) is 11.6. The van der Waals surface area contributed by atoms with E-state index >= 15 is 0 Å². The number of rotatable bonds is 8. The summed E-state index contributed by atoms with van der Waals surface area (Å²) in [6.45, 7) is 8.65. The van der Waals surface area contributed by atoms with Crippen LogP contribution in [0.15, 0.2) is 18.5 Å². The molecule has 0 saturated heterocycles. The van der Waals surface area contributed by atoms with Crippen LogP contribution in [0.1, 0.15) is 27.2 Å². The predicted octanol–water partition coefficient (Wildman–Crippen LogP) is 1.04. The second-order valence-electron chi connectivity index (χ2n) is 5.40. The van der Waals surface area contributed by atoms with Gasteiger partial charge < -0.3 is 15.2 Å². The second kappa shape index (κ2) is 7.51. The molecule has 104 valence electrons. The summed E-state index contributed by atoms with van der Waals surface area (Å²) >= 11 is 0. The third-order valence-corrected chi connectivity index (χ3v) is 2.39. The van der Waals surface area contributed by atoms with E-state index in [0.29, 0.717) is 13.2 Å². The van der Waals surface area contributed by atoms with Crippen molar-refractivity contribution in [2.75, 3.05) is 19.7 Å². The van der Waals surface area contributed by atoms with Crippen LogP contribution in [0.3, 0.4) is 0 Å². The third kappa shape index (κ3) is 7.42. The summed E-state index contributed by atoms with van der Waals surface area (Å²) in [5.74, 6) is 0. The summed E-state index contributed by atoms with van der Waals surface area (Å²) in [6.07, 6.45) is 4.27. The smallest absolute Gasteiger partial charge is 0.0897 e. The Morgan fingerprint density at radius 3 is 2.83 bits per heavy atom. The number of hydrogen-bond donors (Lipinski definition) is 2. The highest BCUT2D eigenvalue weighted by molar-refractivity contribution is 4.77. The molecule has 1 atom stereocenters. The van der Waals surface area contributed by atoms with Gasteiger partial charge in [0.25, 0.3) is 0 Å². The lowest BCUT2D eigenvalue weighted by Gasteiger charge is -2.22. The first-order chi connectivity index (χ1) is 8.47. The molecule has 18 heavy (non-hydrogen) atoms. The number of aryl methyl sites for hydroxylation is 1. The molecule has 0 aliphatic heterocycles. The molecule has 0 amide bonds. The van der Waals surface area contributed by atoms with Gasteiger partial charge in [-0.25, -0.2) is 0 Å². The first-order valence-electron chi connectivity index (χ1n) is 6.47. The molecule has 0 aliphatic carbocycles. The summed E-state index contributed by atoms with van der Waals surface area (Å²) in [6, 6.07) is 1.92. The van der Waals surface area contributed by atoms with Crippen molar-refractivity contribution in [3.8, 4) is 0 Å². The molecule has 0 fully saturated rings. The minimum Gasteiger partial charge on any atom is -0.389 e. The molecule has 0 radical (unpaired) electrons. The summed E-state index contributed by atoms with van der Waals surface area (Å²) < 4.78 is 7.41. The fraction of sp³-hybridized carbons (Fsp3) is 0.769. The van der Waals surface area contributed by atoms with E-state index in [-0.39, 0.29) is 5.60 Å². The maximum Gasteiger partial charge on any atom is 0.0897 e. The number of nitrogens with one attached hydrogen (secondary N) is 1. The number of ether oxygens (including phenoxy) is 1. The zero-order valence-corrected chi connectivity index (χ0v) is 11.6. The molecule has 2 N–H and O–H groups in total. The van der Waals surface area contributed by atoms with Crippen LogP contribution in [0, 0.1) is 0 Å². The molecule has 0 spiro atoms. The van der Waals surface area contributed by atoms with E-state index in [9.17, 15) is 5.11 Å². The minimum atomic E-state index is -0.450. The average Bonchev–Trinajstić information content (AvgIpc) is 2.78. The Morgan fingerprint density at radius 2 is 2.22 bits per heavy atom. The molecule has 1 rings (SSSR count). The fourth-order valence-electron chi connectivity index (χ4n) is 1.47. The van der Waals surface area contributed by atoms with Gasteiger partial charge in [-0.05, 0) is 39.8 Å². The fourth-order valence-corrected chi connectivity index (χ4v) is 1.47. The maximum absolute atomic E-state index is 9.69. The number of aliphatic hydroxyl groups is 1. The molecule has 5 heteroatoms. The van der Waals surface area contributed by atoms with Crippen molar-refractivity contribution in [2.45, 2.75) is 45.4 Å². The van der Waals surface area contributed by atoms with Gasteiger partial charge in [0.1, 0.15) is 0 Å². The van der Waals surface area contributed by atoms with Crippen LogP contribution < -0.4 is 5.32 Å². The Morgan fingerprint density at radius 1 is 1.44 bits per heavy atom. The van der Waals surface area contributed by atoms with Crippen molar-refractivity contribution >= 4 is 0 Å². The van der Waals surface area contributed by atoms with Crippen molar-refractivity contribution in [3.05, 3.63) is 18.5 Å². The predicted molar refractivity (Wildman–Crippen MR) is 71.4 cm³/mol. The molecule has 0 aliphatic rings. The molecule has 1 heterocycles. The maximum atomic E-state index is 9.69. The highest BCUT2D eigenvalue weighted by atomic mass is 16.5. The number of aromatic nitrogens is 2. The lowest BCUT2D eigenvalue weighted by atomic mass is 10.2. The van der Waals surface area contributed by atoms with Crippen molar-refractivity contribution in [1.29, 1.82) is 0 Å². The van der Waals surface area contributed by atoms with Crippen LogP contribution in [-0.4, -0.2) is 46.3 Å². The average molecular weight is 255 g/mol. The van der Waals surface area contributed by atoms with E-state index in [1.807, 2.05) is 37.7 Å². The van der Waals surface area contributed by atoms with Gasteiger partial charge in [0.15, 0.2) is 0 Å². The molecule has 0 bridgehead atoms. The Hall–Kier alpha value is -0.910. The van der Waals surface area contributed by atoms with Crippen LogP contribution >= 0.6 is 0 Å². The van der Waals surface area contributed by atoms with Crippen LogP contribution in [0.25, 0.3) is 0 Å². The number of hydrogen-bond acceptors (Lipinski definition) is 4. The zero-order chi connectivity index (χ0) is 13.4. The summed E-state index contributed by atoms with van der Waals surface area (Å²) in [7, 11) is 0. The Kier molecular flexibility index (Phi) is 6.32. The molecule has 0 saturated carbocycles. The second-order valence-corrected chi connectivity index (χ2v) is 5.40. The summed E-state index contributed by atoms with van der Waals surface area (Å²) in [5.41, 5.74) is -0.193. The van der Waals surface area contributed by atoms with Gasteiger partial charge in [0.2, 0.25) is 0 Å². The van der Waals surface area contributed by atoms with Crippen molar-refractivity contribution < 1.29 is 9.84 Å². The van der Waals surface area contributed by atoms with Crippen LogP contribution in [0.4, 0.5) is 0 Å². The van der Waals surface area contributed by atoms with E-state index in [1.54, 1.807) is 6.20 Å². The molecule has 1 aromatic rings. The highest BCUT2D eigenvalue weighted by Gasteiger charge is 2.13. The monoisotopic (exact) mass is 255 g/mol. The first kappa shape index (κ1) is 15.1. The minimum absolute atomic E-state index is 0.193. The molecular formula is C13H25N3O2. The molecular weight excluding hydrogens is 230 g/mol. The van der Waals surface area contributed by atoms with Gasteiger partial charge in [0.05, 0.1) is 18.3 Å². The quantitative estimate of drug-likeness (QED) is 0.681. The van der Waals surface area contributed by atoms with Crippen LogP contribution in [0.5, 0.6) is 0 Å². The van der Waals surface area contributed by atoms with Crippen molar-refractivity contribution in [3.63, 3.8) is 0 Å². The lowest BCUT2D eigenvalue weighted by molar-refractivity contribution is -0.0478. The Bertz CT molecular complexity index is 307. The van der Waals surface area contributed by atoms with Gasteiger partial charge in [0, 0.05) is 25.5 Å². The van der Waals surface area contributed by atoms with Crippen molar-refractivity contribution in [1.82, 2.24) is 15.1 Å². The van der Waals surface area contributed by atoms with Crippen LogP contribution in [0.2, 0.25) is 0 Å². The third-order valence-electron chi connectivity index (χ3n) is 2.39. The van der Waals surface area contributed by atoms with Gasteiger partial charge in [-0.15, -0.1) is 0 Å². The van der Waals surface area contributed by atoms with Crippen LogP contribution in [-0.2, 0) is 11.3 Å². The highest BCUT2D eigenvalue weighted by Crippen LogP contribution is 2.06. The van der Waals surface area contributed by atoms with Crippen molar-refractivity contribution in [2.24, 2.45) is 0 Å². The van der Waals surface area contributed by atoms with E-state index in [4.69, 9.17) is 4.74 Å². The first-order valence-corrected chi connectivity index (χ1v) is 6.47. The van der Waals surface area contributed by atoms with E-state index in [1.165, 1.54) is 0 Å². The normalized spacial score (nSPS) is 13.8. The Balaban J connectivity index is 1.97. The number of aliphatic hydroxyl groups excluding tert-OH is 1. The Labute approximate surface area is 109 Å². The molecule has 1 unspecified atom stereocenters. The van der Waals surface area contributed by atoms with E-state index in [2.05, 4.69) is 10.4 Å². The van der Waals surface area contributed by atoms with E-state index < -0.39 is 6.10 Å².